The third-order valence-corrected chi connectivity index (χ3v) is 2.97. The summed E-state index contributed by atoms with van der Waals surface area (Å²) in [6.07, 6.45) is 1.26. The predicted molar refractivity (Wildman–Crippen MR) is 53.4 cm³/mol. The predicted octanol–water partition coefficient (Wildman–Crippen LogP) is 1.47. The highest BCUT2D eigenvalue weighted by Crippen LogP contribution is 2.12. The number of rotatable bonds is 2. The SMILES string of the molecule is CCC(C)N1CC(C)NCC1C. The van der Waals surface area contributed by atoms with Crippen LogP contribution in [-0.4, -0.2) is 36.1 Å². The first-order valence-electron chi connectivity index (χ1n) is 5.14. The molecular weight excluding hydrogens is 148 g/mol. The van der Waals surface area contributed by atoms with Crippen LogP contribution in [0, 0.1) is 0 Å². The van der Waals surface area contributed by atoms with E-state index in [4.69, 9.17) is 0 Å². The molecule has 1 aliphatic rings. The van der Waals surface area contributed by atoms with Crippen molar-refractivity contribution in [2.75, 3.05) is 13.1 Å². The van der Waals surface area contributed by atoms with E-state index in [1.165, 1.54) is 13.0 Å². The maximum atomic E-state index is 3.50. The minimum atomic E-state index is 0.662. The smallest absolute Gasteiger partial charge is 0.0195 e. The van der Waals surface area contributed by atoms with Crippen LogP contribution in [-0.2, 0) is 0 Å². The lowest BCUT2D eigenvalue weighted by Gasteiger charge is -2.41. The monoisotopic (exact) mass is 170 g/mol. The lowest BCUT2D eigenvalue weighted by Crippen LogP contribution is -2.56. The molecule has 1 fully saturated rings. The molecule has 3 atom stereocenters. The van der Waals surface area contributed by atoms with Crippen LogP contribution in [0.15, 0.2) is 0 Å². The number of hydrogen-bond donors (Lipinski definition) is 1. The van der Waals surface area contributed by atoms with Crippen LogP contribution in [0.25, 0.3) is 0 Å². The zero-order valence-corrected chi connectivity index (χ0v) is 8.80. The highest BCUT2D eigenvalue weighted by atomic mass is 15.2. The van der Waals surface area contributed by atoms with Crippen molar-refractivity contribution in [2.45, 2.75) is 52.2 Å². The largest absolute Gasteiger partial charge is 0.311 e. The molecule has 0 aliphatic carbocycles. The van der Waals surface area contributed by atoms with Crippen molar-refractivity contribution >= 4 is 0 Å². The van der Waals surface area contributed by atoms with Gasteiger partial charge in [-0.2, -0.15) is 0 Å². The van der Waals surface area contributed by atoms with Gasteiger partial charge >= 0.3 is 0 Å². The zero-order chi connectivity index (χ0) is 9.14. The van der Waals surface area contributed by atoms with Crippen molar-refractivity contribution in [1.82, 2.24) is 10.2 Å². The highest BCUT2D eigenvalue weighted by molar-refractivity contribution is 4.83. The fourth-order valence-electron chi connectivity index (χ4n) is 1.90. The van der Waals surface area contributed by atoms with E-state index in [1.54, 1.807) is 0 Å². The maximum Gasteiger partial charge on any atom is 0.0195 e. The van der Waals surface area contributed by atoms with Gasteiger partial charge in [-0.25, -0.2) is 0 Å². The fraction of sp³-hybridized carbons (Fsp3) is 1.00. The Bertz CT molecular complexity index is 132. The Labute approximate surface area is 76.3 Å². The molecule has 2 nitrogen and oxygen atoms in total. The average Bonchev–Trinajstić information content (AvgIpc) is 2.08. The van der Waals surface area contributed by atoms with E-state index < -0.39 is 0 Å². The molecule has 0 bridgehead atoms. The maximum absolute atomic E-state index is 3.50. The Morgan fingerprint density at radius 2 is 2.17 bits per heavy atom. The lowest BCUT2D eigenvalue weighted by atomic mass is 10.1. The van der Waals surface area contributed by atoms with Gasteiger partial charge in [-0.15, -0.1) is 0 Å². The van der Waals surface area contributed by atoms with Crippen LogP contribution in [0.5, 0.6) is 0 Å². The third kappa shape index (κ3) is 2.20. The number of piperazine rings is 1. The van der Waals surface area contributed by atoms with Crippen LogP contribution in [0.2, 0.25) is 0 Å². The highest BCUT2D eigenvalue weighted by Gasteiger charge is 2.24. The summed E-state index contributed by atoms with van der Waals surface area (Å²) in [5.74, 6) is 0. The molecule has 0 spiro atoms. The molecule has 72 valence electrons. The van der Waals surface area contributed by atoms with Crippen LogP contribution >= 0.6 is 0 Å². The molecule has 3 unspecified atom stereocenters. The molecule has 0 aromatic carbocycles. The van der Waals surface area contributed by atoms with Crippen molar-refractivity contribution in [2.24, 2.45) is 0 Å². The molecule has 0 aromatic rings. The summed E-state index contributed by atoms with van der Waals surface area (Å²) >= 11 is 0. The van der Waals surface area contributed by atoms with Gasteiger partial charge in [0.1, 0.15) is 0 Å². The minimum Gasteiger partial charge on any atom is -0.311 e. The standard InChI is InChI=1S/C10H22N2/c1-5-9(3)12-7-8(2)11-6-10(12)4/h8-11H,5-7H2,1-4H3. The average molecular weight is 170 g/mol. The van der Waals surface area contributed by atoms with Gasteiger partial charge in [0.2, 0.25) is 0 Å². The Morgan fingerprint density at radius 3 is 2.75 bits per heavy atom. The molecule has 12 heavy (non-hydrogen) atoms. The van der Waals surface area contributed by atoms with Gasteiger partial charge in [0.05, 0.1) is 0 Å². The van der Waals surface area contributed by atoms with E-state index in [9.17, 15) is 0 Å². The Morgan fingerprint density at radius 1 is 1.50 bits per heavy atom. The Balaban J connectivity index is 2.48. The van der Waals surface area contributed by atoms with E-state index in [1.807, 2.05) is 0 Å². The van der Waals surface area contributed by atoms with Gasteiger partial charge in [0.25, 0.3) is 0 Å². The molecule has 0 saturated carbocycles. The molecule has 1 aliphatic heterocycles. The van der Waals surface area contributed by atoms with Gasteiger partial charge in [-0.3, -0.25) is 4.90 Å². The zero-order valence-electron chi connectivity index (χ0n) is 8.80. The molecule has 0 aromatic heterocycles. The summed E-state index contributed by atoms with van der Waals surface area (Å²) in [6, 6.07) is 2.11. The van der Waals surface area contributed by atoms with Gasteiger partial charge in [0.15, 0.2) is 0 Å². The van der Waals surface area contributed by atoms with Crippen molar-refractivity contribution in [3.8, 4) is 0 Å². The summed E-state index contributed by atoms with van der Waals surface area (Å²) in [5, 5.41) is 3.50. The van der Waals surface area contributed by atoms with E-state index in [2.05, 4.69) is 37.9 Å². The van der Waals surface area contributed by atoms with Crippen LogP contribution < -0.4 is 5.32 Å². The van der Waals surface area contributed by atoms with E-state index in [0.717, 1.165) is 12.6 Å². The van der Waals surface area contributed by atoms with Crippen molar-refractivity contribution in [3.05, 3.63) is 0 Å². The Hall–Kier alpha value is -0.0800. The van der Waals surface area contributed by atoms with E-state index in [-0.39, 0.29) is 0 Å². The van der Waals surface area contributed by atoms with Crippen molar-refractivity contribution in [1.29, 1.82) is 0 Å². The summed E-state index contributed by atoms with van der Waals surface area (Å²) in [4.78, 5) is 2.61. The van der Waals surface area contributed by atoms with Gasteiger partial charge < -0.3 is 5.32 Å². The molecule has 1 saturated heterocycles. The first kappa shape index (κ1) is 10.0. The normalized spacial score (nSPS) is 35.0. The quantitative estimate of drug-likeness (QED) is 0.675. The topological polar surface area (TPSA) is 15.3 Å². The van der Waals surface area contributed by atoms with Gasteiger partial charge in [0, 0.05) is 31.2 Å². The molecule has 0 radical (unpaired) electrons. The van der Waals surface area contributed by atoms with Crippen molar-refractivity contribution < 1.29 is 0 Å². The molecule has 1 rings (SSSR count). The molecule has 2 heteroatoms. The summed E-state index contributed by atoms with van der Waals surface area (Å²) in [6.45, 7) is 11.5. The van der Waals surface area contributed by atoms with Crippen LogP contribution in [0.1, 0.15) is 34.1 Å². The molecule has 1 N–H and O–H groups in total. The second kappa shape index (κ2) is 4.24. The molecule has 0 amide bonds. The third-order valence-electron chi connectivity index (χ3n) is 2.97. The number of nitrogens with one attached hydrogen (secondary N) is 1. The van der Waals surface area contributed by atoms with E-state index in [0.29, 0.717) is 12.1 Å². The first-order chi connectivity index (χ1) is 5.65. The van der Waals surface area contributed by atoms with Crippen LogP contribution in [0.4, 0.5) is 0 Å². The lowest BCUT2D eigenvalue weighted by molar-refractivity contribution is 0.101. The minimum absolute atomic E-state index is 0.662. The summed E-state index contributed by atoms with van der Waals surface area (Å²) in [5.41, 5.74) is 0. The van der Waals surface area contributed by atoms with Gasteiger partial charge in [-0.1, -0.05) is 6.92 Å². The second-order valence-corrected chi connectivity index (χ2v) is 4.11. The first-order valence-corrected chi connectivity index (χ1v) is 5.14. The van der Waals surface area contributed by atoms with Gasteiger partial charge in [-0.05, 0) is 27.2 Å². The van der Waals surface area contributed by atoms with E-state index >= 15 is 0 Å². The summed E-state index contributed by atoms with van der Waals surface area (Å²) in [7, 11) is 0. The van der Waals surface area contributed by atoms with Crippen molar-refractivity contribution in [3.63, 3.8) is 0 Å². The molecule has 1 heterocycles. The Kier molecular flexibility index (Phi) is 3.53. The second-order valence-electron chi connectivity index (χ2n) is 4.11. The fourth-order valence-corrected chi connectivity index (χ4v) is 1.90. The number of hydrogen-bond acceptors (Lipinski definition) is 2. The van der Waals surface area contributed by atoms with Crippen LogP contribution in [0.3, 0.4) is 0 Å². The number of nitrogens with zero attached hydrogens (tertiary/aromatic N) is 1. The molecular formula is C10H22N2. The summed E-state index contributed by atoms with van der Waals surface area (Å²) < 4.78 is 0.